The van der Waals surface area contributed by atoms with Gasteiger partial charge >= 0.3 is 7.82 Å². The summed E-state index contributed by atoms with van der Waals surface area (Å²) in [6, 6.07) is 0. The number of nitrogens with two attached hydrogens (primary N) is 2. The molecule has 4 aromatic heterocycles. The van der Waals surface area contributed by atoms with Crippen LogP contribution in [0.5, 0.6) is 0 Å². The number of aliphatic hydroxyl groups is 1. The minimum atomic E-state index is -4.77. The highest BCUT2D eigenvalue weighted by molar-refractivity contribution is 8.54. The summed E-state index contributed by atoms with van der Waals surface area (Å²) in [5.74, 6) is 0.0344. The minimum absolute atomic E-state index is 0.0151. The quantitative estimate of drug-likeness (QED) is 0.0954. The molecule has 2 unspecified atom stereocenters. The molecular formula is C20H26N10O9P2S2. The SMILES string of the molecule is Nc1nc2c(ncn2[C@@H]2O[C@H](CO)C[C@H]2OP(=O)(O)OC[C@H]2O[C@@H](n3cnc4c(N)ncnc43)C[C@@H]2O[PH](=S)S)c(=O)[nH]1. The highest BCUT2D eigenvalue weighted by atomic mass is 32.9. The second-order valence-corrected chi connectivity index (χ2v) is 15.0. The van der Waals surface area contributed by atoms with Gasteiger partial charge in [-0.05, 0) is 0 Å². The molecule has 23 heteroatoms. The van der Waals surface area contributed by atoms with Crippen molar-refractivity contribution in [2.24, 2.45) is 0 Å². The fraction of sp³-hybridized carbons (Fsp3) is 0.500. The Kier molecular flexibility index (Phi) is 8.57. The number of anilines is 2. The highest BCUT2D eigenvalue weighted by Crippen LogP contribution is 2.50. The van der Waals surface area contributed by atoms with E-state index < -0.39 is 69.6 Å². The van der Waals surface area contributed by atoms with Crippen molar-refractivity contribution >= 4 is 72.1 Å². The summed E-state index contributed by atoms with van der Waals surface area (Å²) in [6.45, 7) is -0.819. The molecular weight excluding hydrogens is 650 g/mol. The molecule has 232 valence electrons. The van der Waals surface area contributed by atoms with Crippen molar-refractivity contribution in [3.05, 3.63) is 29.3 Å². The fourth-order valence-corrected chi connectivity index (χ4v) is 7.24. The molecule has 2 aliphatic heterocycles. The number of phosphoric acid groups is 1. The Balaban J connectivity index is 1.18. The predicted molar refractivity (Wildman–Crippen MR) is 157 cm³/mol. The number of rotatable bonds is 10. The number of nitrogen functional groups attached to an aromatic ring is 2. The van der Waals surface area contributed by atoms with Gasteiger partial charge in [0, 0.05) is 12.8 Å². The van der Waals surface area contributed by atoms with E-state index in [1.54, 1.807) is 4.57 Å². The van der Waals surface area contributed by atoms with E-state index in [0.29, 0.717) is 11.2 Å². The van der Waals surface area contributed by atoms with E-state index in [9.17, 15) is 19.4 Å². The number of aromatic nitrogens is 8. The molecule has 8 atom stereocenters. The lowest BCUT2D eigenvalue weighted by atomic mass is 10.2. The number of nitrogens with one attached hydrogen (secondary N) is 1. The molecule has 43 heavy (non-hydrogen) atoms. The van der Waals surface area contributed by atoms with Gasteiger partial charge in [-0.2, -0.15) is 4.98 Å². The van der Waals surface area contributed by atoms with E-state index in [1.165, 1.54) is 23.5 Å². The first-order chi connectivity index (χ1) is 20.5. The lowest BCUT2D eigenvalue weighted by Crippen LogP contribution is -2.28. The number of fused-ring (bicyclic) bond motifs is 2. The normalized spacial score (nSPS) is 28.1. The maximum absolute atomic E-state index is 13.2. The molecule has 0 aliphatic carbocycles. The predicted octanol–water partition coefficient (Wildman–Crippen LogP) is 0.0145. The van der Waals surface area contributed by atoms with Crippen LogP contribution >= 0.6 is 26.2 Å². The van der Waals surface area contributed by atoms with Crippen LogP contribution < -0.4 is 17.0 Å². The maximum atomic E-state index is 13.2. The first kappa shape index (κ1) is 30.5. The number of aromatic amines is 1. The van der Waals surface area contributed by atoms with Gasteiger partial charge in [-0.3, -0.25) is 28.0 Å². The lowest BCUT2D eigenvalue weighted by molar-refractivity contribution is -0.0573. The average molecular weight is 677 g/mol. The second-order valence-electron chi connectivity index (χ2n) is 9.62. The lowest BCUT2D eigenvalue weighted by Gasteiger charge is -2.24. The van der Waals surface area contributed by atoms with Gasteiger partial charge in [0.2, 0.25) is 5.95 Å². The van der Waals surface area contributed by atoms with Gasteiger partial charge < -0.3 is 35.5 Å². The smallest absolute Gasteiger partial charge is 0.394 e. The van der Waals surface area contributed by atoms with Crippen LogP contribution in [0.1, 0.15) is 25.3 Å². The number of hydrogen-bond donors (Lipinski definition) is 6. The van der Waals surface area contributed by atoms with E-state index in [-0.39, 0.29) is 35.8 Å². The van der Waals surface area contributed by atoms with Gasteiger partial charge in [-0.1, -0.05) is 11.8 Å². The number of imidazole rings is 2. The van der Waals surface area contributed by atoms with Crippen LogP contribution in [0.2, 0.25) is 0 Å². The molecule has 19 nitrogen and oxygen atoms in total. The molecule has 2 fully saturated rings. The van der Waals surface area contributed by atoms with Crippen LogP contribution in [0.4, 0.5) is 11.8 Å². The third-order valence-corrected chi connectivity index (χ3v) is 9.00. The van der Waals surface area contributed by atoms with Crippen molar-refractivity contribution in [1.29, 1.82) is 0 Å². The second kappa shape index (κ2) is 12.1. The number of nitrogens with zero attached hydrogens (tertiary/aromatic N) is 7. The van der Waals surface area contributed by atoms with E-state index in [2.05, 4.69) is 42.2 Å². The van der Waals surface area contributed by atoms with Crippen molar-refractivity contribution in [1.82, 2.24) is 39.0 Å². The molecule has 4 aromatic rings. The van der Waals surface area contributed by atoms with Crippen LogP contribution in [0.25, 0.3) is 22.3 Å². The number of aliphatic hydroxyl groups excluding tert-OH is 1. The van der Waals surface area contributed by atoms with Crippen molar-refractivity contribution in [2.45, 2.75) is 49.7 Å². The van der Waals surface area contributed by atoms with Crippen LogP contribution in [0, 0.1) is 0 Å². The third kappa shape index (κ3) is 6.20. The topological polar surface area (TPSA) is 263 Å². The Morgan fingerprint density at radius 1 is 1.14 bits per heavy atom. The standard InChI is InChI=1S/C20H26N10O9P2S2/c21-15-13-16(24-5-23-15)29(6-25-13)12-2-9(38-40(42)43)11(37-12)4-35-41(33,34)39-10-1-8(3-31)36-19(10)30-7-26-14-17(30)27-20(22)28-18(14)32/h5-12,19,31,40H,1-4H2,(H,33,34)(H,42,43)(H2,21,23,24)(H3,22,27,28,32)/t8-,9-,10+,11+,12+,19+/m0/s1. The van der Waals surface area contributed by atoms with E-state index in [1.807, 2.05) is 0 Å². The van der Waals surface area contributed by atoms with Crippen molar-refractivity contribution in [3.8, 4) is 0 Å². The number of phosphoric ester groups is 1. The molecule has 0 spiro atoms. The molecule has 6 rings (SSSR count). The van der Waals surface area contributed by atoms with Gasteiger partial charge in [0.1, 0.15) is 36.4 Å². The first-order valence-corrected chi connectivity index (χ1v) is 18.0. The van der Waals surface area contributed by atoms with Gasteiger partial charge in [0.15, 0.2) is 28.9 Å². The van der Waals surface area contributed by atoms with Crippen LogP contribution in [-0.4, -0.2) is 86.7 Å². The summed E-state index contributed by atoms with van der Waals surface area (Å²) in [5.41, 5.74) is 11.8. The number of hydrogen-bond acceptors (Lipinski definition) is 16. The summed E-state index contributed by atoms with van der Waals surface area (Å²) in [5, 5.41) is 9.71. The Labute approximate surface area is 252 Å². The Bertz CT molecular complexity index is 1790. The van der Waals surface area contributed by atoms with Crippen LogP contribution in [0.3, 0.4) is 0 Å². The zero-order chi connectivity index (χ0) is 30.5. The molecule has 0 saturated carbocycles. The number of thiol groups is 1. The van der Waals surface area contributed by atoms with E-state index in [0.717, 1.165) is 0 Å². The van der Waals surface area contributed by atoms with Gasteiger partial charge in [0.05, 0.1) is 38.1 Å². The summed E-state index contributed by atoms with van der Waals surface area (Å²) >= 11 is 9.39. The molecule has 2 saturated heterocycles. The number of ether oxygens (including phenoxy) is 2. The Morgan fingerprint density at radius 2 is 1.91 bits per heavy atom. The maximum Gasteiger partial charge on any atom is 0.472 e. The molecule has 0 amide bonds. The fourth-order valence-electron chi connectivity index (χ4n) is 5.03. The zero-order valence-corrected chi connectivity index (χ0v) is 25.5. The van der Waals surface area contributed by atoms with Gasteiger partial charge in [0.25, 0.3) is 5.56 Å². The van der Waals surface area contributed by atoms with Crippen LogP contribution in [-0.2, 0) is 39.4 Å². The number of H-pyrrole nitrogens is 1. The van der Waals surface area contributed by atoms with Crippen molar-refractivity contribution in [3.63, 3.8) is 0 Å². The first-order valence-electron chi connectivity index (χ1n) is 12.7. The molecule has 0 bridgehead atoms. The molecule has 0 aromatic carbocycles. The molecule has 0 radical (unpaired) electrons. The molecule has 2 aliphatic rings. The monoisotopic (exact) mass is 676 g/mol. The Hall–Kier alpha value is -2.55. The Morgan fingerprint density at radius 3 is 2.67 bits per heavy atom. The van der Waals surface area contributed by atoms with E-state index in [4.69, 9.17) is 46.3 Å². The van der Waals surface area contributed by atoms with Gasteiger partial charge in [-0.25, -0.2) is 24.5 Å². The third-order valence-electron chi connectivity index (χ3n) is 6.87. The minimum Gasteiger partial charge on any atom is -0.394 e. The largest absolute Gasteiger partial charge is 0.472 e. The van der Waals surface area contributed by atoms with E-state index >= 15 is 0 Å². The molecule has 6 heterocycles. The summed E-state index contributed by atoms with van der Waals surface area (Å²) < 4.78 is 44.7. The highest BCUT2D eigenvalue weighted by Gasteiger charge is 2.44. The summed E-state index contributed by atoms with van der Waals surface area (Å²) in [6.07, 6.45) is -2.65. The van der Waals surface area contributed by atoms with Crippen molar-refractivity contribution in [2.75, 3.05) is 24.7 Å². The summed E-state index contributed by atoms with van der Waals surface area (Å²) in [4.78, 5) is 45.8. The van der Waals surface area contributed by atoms with Crippen LogP contribution in [0.15, 0.2) is 23.8 Å². The summed E-state index contributed by atoms with van der Waals surface area (Å²) in [7, 11) is -4.77. The van der Waals surface area contributed by atoms with Gasteiger partial charge in [-0.15, -0.1) is 12.2 Å². The zero-order valence-electron chi connectivity index (χ0n) is 21.9. The van der Waals surface area contributed by atoms with Crippen molar-refractivity contribution < 1.29 is 37.6 Å². The average Bonchev–Trinajstić information content (AvgIpc) is 3.72. The molecule has 7 N–H and O–H groups in total.